The van der Waals surface area contributed by atoms with Crippen molar-refractivity contribution in [3.8, 4) is 0 Å². The van der Waals surface area contributed by atoms with Crippen molar-refractivity contribution in [1.82, 2.24) is 9.97 Å². The second-order valence-corrected chi connectivity index (χ2v) is 5.37. The van der Waals surface area contributed by atoms with Gasteiger partial charge < -0.3 is 10.2 Å². The number of hydrogen-bond donors (Lipinski definition) is 1. The van der Waals surface area contributed by atoms with Crippen molar-refractivity contribution in [2.45, 2.75) is 38.8 Å². The number of rotatable bonds is 3. The molecule has 1 N–H and O–H groups in total. The van der Waals surface area contributed by atoms with E-state index in [1.54, 1.807) is 13.1 Å². The maximum absolute atomic E-state index is 12.9. The molecule has 4 nitrogen and oxygen atoms in total. The van der Waals surface area contributed by atoms with Crippen molar-refractivity contribution in [2.24, 2.45) is 5.92 Å². The molecule has 1 saturated heterocycles. The zero-order valence-corrected chi connectivity index (χ0v) is 12.4. The van der Waals surface area contributed by atoms with Crippen molar-refractivity contribution < 1.29 is 13.2 Å². The first-order valence-corrected chi connectivity index (χ1v) is 7.33. The van der Waals surface area contributed by atoms with Crippen LogP contribution in [0.5, 0.6) is 0 Å². The van der Waals surface area contributed by atoms with Gasteiger partial charge in [-0.2, -0.15) is 13.2 Å². The van der Waals surface area contributed by atoms with Crippen LogP contribution in [0.3, 0.4) is 0 Å². The summed E-state index contributed by atoms with van der Waals surface area (Å²) >= 11 is 0. The third kappa shape index (κ3) is 3.98. The highest BCUT2D eigenvalue weighted by Gasteiger charge is 2.36. The minimum Gasteiger partial charge on any atom is -0.373 e. The van der Waals surface area contributed by atoms with Crippen molar-refractivity contribution >= 4 is 11.6 Å². The molecule has 0 radical (unpaired) electrons. The van der Waals surface area contributed by atoms with Gasteiger partial charge in [-0.1, -0.05) is 13.3 Å². The normalized spacial score (nSPS) is 20.2. The van der Waals surface area contributed by atoms with Gasteiger partial charge in [-0.05, 0) is 25.2 Å². The van der Waals surface area contributed by atoms with Crippen LogP contribution in [0.25, 0.3) is 0 Å². The van der Waals surface area contributed by atoms with Crippen LogP contribution >= 0.6 is 0 Å². The topological polar surface area (TPSA) is 41.0 Å². The lowest BCUT2D eigenvalue weighted by molar-refractivity contribution is -0.144. The van der Waals surface area contributed by atoms with Crippen molar-refractivity contribution in [1.29, 1.82) is 0 Å². The van der Waals surface area contributed by atoms with Gasteiger partial charge >= 0.3 is 6.18 Å². The van der Waals surface area contributed by atoms with Crippen LogP contribution in [0.2, 0.25) is 0 Å². The molecule has 1 unspecified atom stereocenters. The van der Waals surface area contributed by atoms with E-state index in [9.17, 15) is 13.2 Å². The second kappa shape index (κ2) is 6.49. The van der Waals surface area contributed by atoms with E-state index in [0.29, 0.717) is 11.7 Å². The maximum Gasteiger partial charge on any atom is 0.451 e. The van der Waals surface area contributed by atoms with E-state index in [1.807, 2.05) is 4.90 Å². The van der Waals surface area contributed by atoms with E-state index >= 15 is 0 Å². The molecule has 1 atom stereocenters. The molecular weight excluding hydrogens is 281 g/mol. The van der Waals surface area contributed by atoms with Crippen molar-refractivity contribution in [3.05, 3.63) is 11.9 Å². The van der Waals surface area contributed by atoms with E-state index in [1.165, 1.54) is 0 Å². The maximum atomic E-state index is 12.9. The first-order chi connectivity index (χ1) is 9.94. The average molecular weight is 302 g/mol. The zero-order chi connectivity index (χ0) is 15.5. The predicted octanol–water partition coefficient (Wildman–Crippen LogP) is 3.55. The molecule has 0 amide bonds. The number of nitrogens with zero attached hydrogens (tertiary/aromatic N) is 3. The number of halogens is 3. The molecule has 1 aliphatic heterocycles. The van der Waals surface area contributed by atoms with Crippen LogP contribution in [0.1, 0.15) is 38.4 Å². The highest BCUT2D eigenvalue weighted by Crippen LogP contribution is 2.30. The van der Waals surface area contributed by atoms with Gasteiger partial charge in [-0.25, -0.2) is 9.97 Å². The van der Waals surface area contributed by atoms with Crippen LogP contribution in [-0.2, 0) is 6.18 Å². The lowest BCUT2D eigenvalue weighted by atomic mass is 9.98. The molecule has 0 aliphatic carbocycles. The van der Waals surface area contributed by atoms with Gasteiger partial charge in [-0.15, -0.1) is 0 Å². The molecule has 7 heteroatoms. The smallest absolute Gasteiger partial charge is 0.373 e. The summed E-state index contributed by atoms with van der Waals surface area (Å²) < 4.78 is 38.6. The van der Waals surface area contributed by atoms with E-state index in [2.05, 4.69) is 22.2 Å². The summed E-state index contributed by atoms with van der Waals surface area (Å²) in [5.41, 5.74) is 0. The lowest BCUT2D eigenvalue weighted by Crippen LogP contribution is -2.27. The fourth-order valence-electron chi connectivity index (χ4n) is 2.65. The molecule has 0 spiro atoms. The minimum absolute atomic E-state index is 0.198. The Bertz CT molecular complexity index is 476. The summed E-state index contributed by atoms with van der Waals surface area (Å²) in [6.45, 7) is 3.65. The molecule has 0 bridgehead atoms. The quantitative estimate of drug-likeness (QED) is 0.927. The van der Waals surface area contributed by atoms with Crippen LogP contribution in [-0.4, -0.2) is 30.1 Å². The molecule has 1 aromatic heterocycles. The van der Waals surface area contributed by atoms with Crippen molar-refractivity contribution in [3.63, 3.8) is 0 Å². The van der Waals surface area contributed by atoms with Crippen LogP contribution < -0.4 is 10.2 Å². The Hall–Kier alpha value is -1.53. The summed E-state index contributed by atoms with van der Waals surface area (Å²) in [5, 5.41) is 2.68. The Morgan fingerprint density at radius 2 is 2.05 bits per heavy atom. The minimum atomic E-state index is -4.53. The zero-order valence-electron chi connectivity index (χ0n) is 12.4. The molecule has 2 rings (SSSR count). The average Bonchev–Trinajstić information content (AvgIpc) is 2.71. The Labute approximate surface area is 122 Å². The van der Waals surface area contributed by atoms with Gasteiger partial charge in [0.2, 0.25) is 5.82 Å². The lowest BCUT2D eigenvalue weighted by Gasteiger charge is -2.23. The van der Waals surface area contributed by atoms with Gasteiger partial charge in [0.05, 0.1) is 0 Å². The molecule has 1 aliphatic rings. The fraction of sp³-hybridized carbons (Fsp3) is 0.714. The Morgan fingerprint density at radius 3 is 2.67 bits per heavy atom. The summed E-state index contributed by atoms with van der Waals surface area (Å²) in [4.78, 5) is 9.16. The Kier molecular flexibility index (Phi) is 4.90. The van der Waals surface area contributed by atoms with E-state index in [-0.39, 0.29) is 5.82 Å². The monoisotopic (exact) mass is 302 g/mol. The van der Waals surface area contributed by atoms with Crippen LogP contribution in [0.15, 0.2) is 6.07 Å². The highest BCUT2D eigenvalue weighted by atomic mass is 19.4. The first kappa shape index (κ1) is 15.9. The van der Waals surface area contributed by atoms with Gasteiger partial charge in [-0.3, -0.25) is 0 Å². The molecule has 21 heavy (non-hydrogen) atoms. The number of alkyl halides is 3. The first-order valence-electron chi connectivity index (χ1n) is 7.33. The van der Waals surface area contributed by atoms with Gasteiger partial charge in [0, 0.05) is 26.2 Å². The predicted molar refractivity (Wildman–Crippen MR) is 76.4 cm³/mol. The Morgan fingerprint density at radius 1 is 1.29 bits per heavy atom. The van der Waals surface area contributed by atoms with Gasteiger partial charge in [0.25, 0.3) is 0 Å². The largest absolute Gasteiger partial charge is 0.451 e. The molecule has 0 saturated carbocycles. The van der Waals surface area contributed by atoms with Gasteiger partial charge in [0.15, 0.2) is 0 Å². The number of anilines is 2. The van der Waals surface area contributed by atoms with Crippen LogP contribution in [0.4, 0.5) is 24.8 Å². The molecule has 118 valence electrons. The molecule has 1 fully saturated rings. The fourth-order valence-corrected chi connectivity index (χ4v) is 2.65. The van der Waals surface area contributed by atoms with E-state index in [4.69, 9.17) is 0 Å². The summed E-state index contributed by atoms with van der Waals surface area (Å²) in [6, 6.07) is 1.58. The van der Waals surface area contributed by atoms with Gasteiger partial charge in [0.1, 0.15) is 11.6 Å². The van der Waals surface area contributed by atoms with Crippen molar-refractivity contribution in [2.75, 3.05) is 30.4 Å². The van der Waals surface area contributed by atoms with E-state index < -0.39 is 12.0 Å². The SMILES string of the molecule is CCC1CCCN(c2cc(NC)nc(C(F)(F)F)n2)CC1. The molecule has 0 aromatic carbocycles. The summed E-state index contributed by atoms with van der Waals surface area (Å²) in [7, 11) is 1.56. The third-order valence-electron chi connectivity index (χ3n) is 3.97. The Balaban J connectivity index is 2.26. The standard InChI is InChI=1S/C14H21F3N4/c1-3-10-5-4-7-21(8-6-10)12-9-11(18-2)19-13(20-12)14(15,16)17/h9-10H,3-8H2,1-2H3,(H,18,19,20). The molecule has 2 heterocycles. The van der Waals surface area contributed by atoms with E-state index in [0.717, 1.165) is 38.8 Å². The summed E-state index contributed by atoms with van der Waals surface area (Å²) in [6.07, 6.45) is -0.300. The number of aromatic nitrogens is 2. The third-order valence-corrected chi connectivity index (χ3v) is 3.97. The number of nitrogens with one attached hydrogen (secondary N) is 1. The van der Waals surface area contributed by atoms with Crippen LogP contribution in [0, 0.1) is 5.92 Å². The molecule has 1 aromatic rings. The summed E-state index contributed by atoms with van der Waals surface area (Å²) in [5.74, 6) is 0.130. The second-order valence-electron chi connectivity index (χ2n) is 5.37. The highest BCUT2D eigenvalue weighted by molar-refractivity contribution is 5.49. The number of hydrogen-bond acceptors (Lipinski definition) is 4. The molecular formula is C14H21F3N4.